The second-order valence-corrected chi connectivity index (χ2v) is 4.48. The van der Waals surface area contributed by atoms with Crippen LogP contribution in [0.4, 0.5) is 0 Å². The van der Waals surface area contributed by atoms with Gasteiger partial charge in [0.1, 0.15) is 5.76 Å². The van der Waals surface area contributed by atoms with Crippen LogP contribution < -0.4 is 5.46 Å². The zero-order valence-electron chi connectivity index (χ0n) is 10.8. The minimum Gasteiger partial charge on any atom is -0.460 e. The van der Waals surface area contributed by atoms with Gasteiger partial charge in [-0.2, -0.15) is 13.8 Å². The SMILES string of the molecule is Cc1noc(C)c1[B]OC(C)(C)[C-](C)C.[U]. The zero-order valence-corrected chi connectivity index (χ0v) is 15.0. The third kappa shape index (κ3) is 3.94. The summed E-state index contributed by atoms with van der Waals surface area (Å²) in [5.74, 6) is 2.02. The first-order chi connectivity index (χ1) is 6.84. The van der Waals surface area contributed by atoms with Gasteiger partial charge in [0.25, 0.3) is 0 Å². The van der Waals surface area contributed by atoms with E-state index in [1.807, 2.05) is 27.7 Å². The average Bonchev–Trinajstić information content (AvgIpc) is 2.43. The summed E-state index contributed by atoms with van der Waals surface area (Å²) in [5, 5.41) is 3.87. The summed E-state index contributed by atoms with van der Waals surface area (Å²) in [6.07, 6.45) is 0. The summed E-state index contributed by atoms with van der Waals surface area (Å²) in [4.78, 5) is 0. The molecule has 0 aromatic carbocycles. The summed E-state index contributed by atoms with van der Waals surface area (Å²) < 4.78 is 10.8. The van der Waals surface area contributed by atoms with Crippen molar-refractivity contribution in [3.63, 3.8) is 0 Å². The van der Waals surface area contributed by atoms with Crippen molar-refractivity contribution in [1.82, 2.24) is 5.16 Å². The maximum Gasteiger partial charge on any atom is 0.333 e. The van der Waals surface area contributed by atoms with Crippen LogP contribution in [-0.4, -0.2) is 18.2 Å². The van der Waals surface area contributed by atoms with E-state index < -0.39 is 0 Å². The van der Waals surface area contributed by atoms with Gasteiger partial charge in [0, 0.05) is 36.6 Å². The number of rotatable bonds is 4. The number of hydrogen-bond donors (Lipinski definition) is 0. The normalized spacial score (nSPS) is 11.4. The molecule has 0 unspecified atom stereocenters. The third-order valence-electron chi connectivity index (χ3n) is 2.76. The molecule has 16 heavy (non-hydrogen) atoms. The predicted octanol–water partition coefficient (Wildman–Crippen LogP) is 1.95. The Hall–Kier alpha value is 0.287. The Labute approximate surface area is 122 Å². The van der Waals surface area contributed by atoms with Gasteiger partial charge in [-0.15, -0.1) is 0 Å². The molecule has 0 saturated heterocycles. The molecule has 0 aliphatic rings. The molecule has 1 heterocycles. The molecule has 0 fully saturated rings. The summed E-state index contributed by atoms with van der Waals surface area (Å²) in [7, 11) is 1.73. The van der Waals surface area contributed by atoms with Gasteiger partial charge in [-0.3, -0.25) is 5.92 Å². The van der Waals surface area contributed by atoms with Crippen LogP contribution in [0.1, 0.15) is 39.1 Å². The molecule has 0 bridgehead atoms. The second kappa shape index (κ2) is 6.28. The summed E-state index contributed by atoms with van der Waals surface area (Å²) in [6, 6.07) is 0. The molecule has 0 aliphatic carbocycles. The fraction of sp³-hybridized carbons (Fsp3) is 0.636. The minimum absolute atomic E-state index is 0. The Kier molecular flexibility index (Phi) is 6.39. The first-order valence-corrected chi connectivity index (χ1v) is 5.09. The molecule has 1 aromatic rings. The molecule has 1 radical (unpaired) electrons. The van der Waals surface area contributed by atoms with Crippen LogP contribution in [0.3, 0.4) is 0 Å². The monoisotopic (exact) mass is 445 g/mol. The Morgan fingerprint density at radius 1 is 1.31 bits per heavy atom. The second-order valence-electron chi connectivity index (χ2n) is 4.48. The van der Waals surface area contributed by atoms with Gasteiger partial charge in [0.2, 0.25) is 0 Å². The van der Waals surface area contributed by atoms with Crippen LogP contribution in [0.15, 0.2) is 4.52 Å². The van der Waals surface area contributed by atoms with E-state index in [4.69, 9.17) is 9.18 Å². The Morgan fingerprint density at radius 3 is 2.25 bits per heavy atom. The topological polar surface area (TPSA) is 35.3 Å². The summed E-state index contributed by atoms with van der Waals surface area (Å²) in [6.45, 7) is 12.0. The molecule has 1 aromatic heterocycles. The molecular weight excluding hydrogens is 427 g/mol. The van der Waals surface area contributed by atoms with E-state index in [0.29, 0.717) is 0 Å². The van der Waals surface area contributed by atoms with Crippen molar-refractivity contribution in [1.29, 1.82) is 0 Å². The molecule has 0 amide bonds. The third-order valence-corrected chi connectivity index (χ3v) is 2.76. The zero-order chi connectivity index (χ0) is 11.6. The standard InChI is InChI=1S/C11H18BNO2.U/c1-7(2)11(5,6)15-12-10-8(3)13-14-9(10)4;/h1-6H3;/q-1;. The van der Waals surface area contributed by atoms with E-state index in [-0.39, 0.29) is 36.7 Å². The van der Waals surface area contributed by atoms with Crippen LogP contribution in [0.25, 0.3) is 0 Å². The first-order valence-electron chi connectivity index (χ1n) is 5.09. The van der Waals surface area contributed by atoms with E-state index >= 15 is 0 Å². The Morgan fingerprint density at radius 2 is 1.88 bits per heavy atom. The van der Waals surface area contributed by atoms with Crippen molar-refractivity contribution >= 4 is 12.9 Å². The molecule has 0 saturated carbocycles. The van der Waals surface area contributed by atoms with Gasteiger partial charge in [0.15, 0.2) is 0 Å². The first kappa shape index (κ1) is 16.3. The fourth-order valence-corrected chi connectivity index (χ4v) is 0.982. The quantitative estimate of drug-likeness (QED) is 0.526. The largest absolute Gasteiger partial charge is 0.460 e. The molecule has 0 N–H and O–H groups in total. The van der Waals surface area contributed by atoms with E-state index in [1.54, 1.807) is 7.48 Å². The van der Waals surface area contributed by atoms with E-state index in [9.17, 15) is 0 Å². The van der Waals surface area contributed by atoms with Crippen LogP contribution in [0.5, 0.6) is 0 Å². The van der Waals surface area contributed by atoms with Gasteiger partial charge >= 0.3 is 7.48 Å². The van der Waals surface area contributed by atoms with E-state index in [0.717, 1.165) is 16.9 Å². The number of nitrogens with zero attached hydrogens (tertiary/aromatic N) is 1. The number of aryl methyl sites for hydroxylation is 2. The fourth-order valence-electron chi connectivity index (χ4n) is 0.982. The van der Waals surface area contributed by atoms with Crippen molar-refractivity contribution in [2.24, 2.45) is 0 Å². The van der Waals surface area contributed by atoms with Crippen LogP contribution >= 0.6 is 0 Å². The van der Waals surface area contributed by atoms with Gasteiger partial charge in [0.05, 0.1) is 5.69 Å². The van der Waals surface area contributed by atoms with Crippen molar-refractivity contribution in [3.8, 4) is 0 Å². The maximum atomic E-state index is 5.73. The van der Waals surface area contributed by atoms with Crippen LogP contribution in [0, 0.1) is 50.9 Å². The van der Waals surface area contributed by atoms with Crippen LogP contribution in [0.2, 0.25) is 0 Å². The molecule has 3 nitrogen and oxygen atoms in total. The van der Waals surface area contributed by atoms with Gasteiger partial charge in [-0.25, -0.2) is 0 Å². The molecule has 0 aliphatic heterocycles. The van der Waals surface area contributed by atoms with E-state index in [1.165, 1.54) is 5.92 Å². The molecule has 0 atom stereocenters. The van der Waals surface area contributed by atoms with Gasteiger partial charge in [-0.1, -0.05) is 24.6 Å². The maximum absolute atomic E-state index is 5.73. The van der Waals surface area contributed by atoms with Crippen molar-refractivity contribution in [2.75, 3.05) is 0 Å². The van der Waals surface area contributed by atoms with Crippen molar-refractivity contribution in [2.45, 2.75) is 47.1 Å². The van der Waals surface area contributed by atoms with Gasteiger partial charge in [-0.05, 0) is 13.8 Å². The molecule has 87 valence electrons. The molecule has 5 heteroatoms. The number of hydrogen-bond acceptors (Lipinski definition) is 3. The summed E-state index contributed by atoms with van der Waals surface area (Å²) in [5.41, 5.74) is 1.54. The molecule has 0 spiro atoms. The van der Waals surface area contributed by atoms with Crippen molar-refractivity contribution in [3.05, 3.63) is 17.4 Å². The predicted molar refractivity (Wildman–Crippen MR) is 61.1 cm³/mol. The molecular formula is C11H18BNO2U-. The smallest absolute Gasteiger partial charge is 0.333 e. The van der Waals surface area contributed by atoms with E-state index in [2.05, 4.69) is 19.0 Å². The summed E-state index contributed by atoms with van der Waals surface area (Å²) >= 11 is 0. The van der Waals surface area contributed by atoms with Gasteiger partial charge < -0.3 is 9.18 Å². The Bertz CT molecular complexity index is 317. The molecule has 1 rings (SSSR count). The van der Waals surface area contributed by atoms with Crippen molar-refractivity contribution < 1.29 is 40.3 Å². The minimum atomic E-state index is -0.254. The number of aromatic nitrogens is 1. The Balaban J connectivity index is 0.00000225. The average molecular weight is 445 g/mol. The van der Waals surface area contributed by atoms with Crippen LogP contribution in [-0.2, 0) is 4.65 Å².